The highest BCUT2D eigenvalue weighted by atomic mass is 19.2. The fourth-order valence-corrected chi connectivity index (χ4v) is 1.75. The van der Waals surface area contributed by atoms with Gasteiger partial charge < -0.3 is 5.32 Å². The number of rotatable bonds is 3. The van der Waals surface area contributed by atoms with Crippen LogP contribution in [-0.4, -0.2) is 11.9 Å². The highest BCUT2D eigenvalue weighted by molar-refractivity contribution is 5.87. The molecule has 1 aromatic carbocycles. The van der Waals surface area contributed by atoms with Crippen molar-refractivity contribution in [1.29, 1.82) is 0 Å². The summed E-state index contributed by atoms with van der Waals surface area (Å²) in [5.74, 6) is -4.38. The van der Waals surface area contributed by atoms with E-state index in [0.717, 1.165) is 18.2 Å². The molecule has 1 aliphatic rings. The molecule has 1 N–H and O–H groups in total. The standard InChI is InChI=1S/C12H10F3NO/c1-2-11(17)16-10-5-7(10)6-3-8(13)12(15)9(14)4-6/h2-4,7,10H,1,5H2,(H,16,17)/t7-,10+/m0/s1. The Morgan fingerprint density at radius 2 is 1.94 bits per heavy atom. The van der Waals surface area contributed by atoms with Gasteiger partial charge in [0, 0.05) is 12.0 Å². The topological polar surface area (TPSA) is 29.1 Å². The Labute approximate surface area is 96.1 Å². The lowest BCUT2D eigenvalue weighted by Gasteiger charge is -2.03. The van der Waals surface area contributed by atoms with Crippen LogP contribution in [0.2, 0.25) is 0 Å². The average molecular weight is 241 g/mol. The highest BCUT2D eigenvalue weighted by Crippen LogP contribution is 2.41. The molecule has 90 valence electrons. The van der Waals surface area contributed by atoms with E-state index in [1.165, 1.54) is 0 Å². The molecule has 1 amide bonds. The van der Waals surface area contributed by atoms with Gasteiger partial charge in [0.05, 0.1) is 0 Å². The maximum Gasteiger partial charge on any atom is 0.243 e. The van der Waals surface area contributed by atoms with Gasteiger partial charge in [-0.3, -0.25) is 4.79 Å². The maximum absolute atomic E-state index is 13.0. The third-order valence-electron chi connectivity index (χ3n) is 2.74. The van der Waals surface area contributed by atoms with E-state index >= 15 is 0 Å². The molecule has 1 saturated carbocycles. The van der Waals surface area contributed by atoms with Gasteiger partial charge in [0.2, 0.25) is 5.91 Å². The second kappa shape index (κ2) is 4.24. The van der Waals surface area contributed by atoms with Crippen LogP contribution in [0.25, 0.3) is 0 Å². The fourth-order valence-electron chi connectivity index (χ4n) is 1.75. The average Bonchev–Trinajstić information content (AvgIpc) is 3.04. The Bertz CT molecular complexity index is 464. The summed E-state index contributed by atoms with van der Waals surface area (Å²) in [7, 11) is 0. The van der Waals surface area contributed by atoms with Gasteiger partial charge in [-0.25, -0.2) is 13.2 Å². The van der Waals surface area contributed by atoms with Crippen LogP contribution in [0, 0.1) is 17.5 Å². The van der Waals surface area contributed by atoms with Crippen molar-refractivity contribution in [2.24, 2.45) is 0 Å². The second-order valence-corrected chi connectivity index (χ2v) is 3.96. The van der Waals surface area contributed by atoms with Crippen molar-refractivity contribution in [3.63, 3.8) is 0 Å². The predicted molar refractivity (Wildman–Crippen MR) is 55.8 cm³/mol. The zero-order chi connectivity index (χ0) is 12.6. The first kappa shape index (κ1) is 11.7. The van der Waals surface area contributed by atoms with Gasteiger partial charge in [0.25, 0.3) is 0 Å². The number of nitrogens with one attached hydrogen (secondary N) is 1. The molecule has 0 spiro atoms. The van der Waals surface area contributed by atoms with Crippen molar-refractivity contribution in [3.8, 4) is 0 Å². The van der Waals surface area contributed by atoms with Crippen LogP contribution in [0.4, 0.5) is 13.2 Å². The summed E-state index contributed by atoms with van der Waals surface area (Å²) in [5.41, 5.74) is 0.357. The van der Waals surface area contributed by atoms with Crippen molar-refractivity contribution < 1.29 is 18.0 Å². The van der Waals surface area contributed by atoms with Crippen LogP contribution >= 0.6 is 0 Å². The molecule has 0 heterocycles. The van der Waals surface area contributed by atoms with Crippen LogP contribution < -0.4 is 5.32 Å². The molecule has 5 heteroatoms. The zero-order valence-corrected chi connectivity index (χ0v) is 8.84. The number of hydrogen-bond acceptors (Lipinski definition) is 1. The van der Waals surface area contributed by atoms with Gasteiger partial charge in [-0.2, -0.15) is 0 Å². The van der Waals surface area contributed by atoms with Gasteiger partial charge in [-0.15, -0.1) is 0 Å². The summed E-state index contributed by atoms with van der Waals surface area (Å²) < 4.78 is 38.7. The van der Waals surface area contributed by atoms with Crippen molar-refractivity contribution in [2.45, 2.75) is 18.4 Å². The smallest absolute Gasteiger partial charge is 0.243 e. The number of carbonyl (C=O) groups excluding carboxylic acids is 1. The van der Waals surface area contributed by atoms with E-state index < -0.39 is 17.5 Å². The van der Waals surface area contributed by atoms with Gasteiger partial charge in [-0.05, 0) is 30.2 Å². The molecule has 1 aromatic rings. The van der Waals surface area contributed by atoms with E-state index in [2.05, 4.69) is 11.9 Å². The van der Waals surface area contributed by atoms with E-state index in [-0.39, 0.29) is 17.9 Å². The van der Waals surface area contributed by atoms with Gasteiger partial charge in [0.15, 0.2) is 17.5 Å². The molecular formula is C12H10F3NO. The van der Waals surface area contributed by atoms with Gasteiger partial charge >= 0.3 is 0 Å². The minimum atomic E-state index is -1.47. The largest absolute Gasteiger partial charge is 0.349 e. The molecule has 1 fully saturated rings. The molecule has 17 heavy (non-hydrogen) atoms. The molecule has 0 saturated heterocycles. The van der Waals surface area contributed by atoms with E-state index in [0.29, 0.717) is 12.0 Å². The lowest BCUT2D eigenvalue weighted by molar-refractivity contribution is -0.116. The molecule has 2 nitrogen and oxygen atoms in total. The lowest BCUT2D eigenvalue weighted by atomic mass is 10.1. The van der Waals surface area contributed by atoms with Crippen LogP contribution in [0.3, 0.4) is 0 Å². The Balaban J connectivity index is 2.11. The van der Waals surface area contributed by atoms with Crippen molar-refractivity contribution >= 4 is 5.91 Å². The summed E-state index contributed by atoms with van der Waals surface area (Å²) in [5, 5.41) is 2.61. The summed E-state index contributed by atoms with van der Waals surface area (Å²) in [4.78, 5) is 11.0. The minimum Gasteiger partial charge on any atom is -0.349 e. The van der Waals surface area contributed by atoms with Gasteiger partial charge in [0.1, 0.15) is 0 Å². The van der Waals surface area contributed by atoms with Crippen molar-refractivity contribution in [3.05, 3.63) is 47.8 Å². The third kappa shape index (κ3) is 2.33. The van der Waals surface area contributed by atoms with E-state index in [4.69, 9.17) is 0 Å². The molecule has 0 unspecified atom stereocenters. The van der Waals surface area contributed by atoms with E-state index in [1.807, 2.05) is 0 Å². The highest BCUT2D eigenvalue weighted by Gasteiger charge is 2.39. The quantitative estimate of drug-likeness (QED) is 0.638. The lowest BCUT2D eigenvalue weighted by Crippen LogP contribution is -2.24. The summed E-state index contributed by atoms with van der Waals surface area (Å²) >= 11 is 0. The van der Waals surface area contributed by atoms with Crippen LogP contribution in [-0.2, 0) is 4.79 Å². The molecule has 0 bridgehead atoms. The number of hydrogen-bond donors (Lipinski definition) is 1. The van der Waals surface area contributed by atoms with Crippen molar-refractivity contribution in [2.75, 3.05) is 0 Å². The minimum absolute atomic E-state index is 0.162. The maximum atomic E-state index is 13.0. The second-order valence-electron chi connectivity index (χ2n) is 3.96. The Morgan fingerprint density at radius 3 is 2.47 bits per heavy atom. The Kier molecular flexibility index (Phi) is 2.92. The normalized spacial score (nSPS) is 22.1. The summed E-state index contributed by atoms with van der Waals surface area (Å²) in [6.45, 7) is 3.30. The number of amides is 1. The predicted octanol–water partition coefficient (Wildman–Crippen LogP) is 2.26. The fraction of sp³-hybridized carbons (Fsp3) is 0.250. The molecule has 0 aromatic heterocycles. The summed E-state index contributed by atoms with van der Waals surface area (Å²) in [6, 6.07) is 1.76. The Morgan fingerprint density at radius 1 is 1.35 bits per heavy atom. The van der Waals surface area contributed by atoms with Gasteiger partial charge in [-0.1, -0.05) is 6.58 Å². The number of benzene rings is 1. The first-order valence-electron chi connectivity index (χ1n) is 5.10. The molecule has 1 aliphatic carbocycles. The molecule has 2 atom stereocenters. The first-order chi connectivity index (χ1) is 8.02. The monoisotopic (exact) mass is 241 g/mol. The number of carbonyl (C=O) groups is 1. The number of halogens is 3. The molecule has 0 aliphatic heterocycles. The van der Waals surface area contributed by atoms with E-state index in [1.54, 1.807) is 0 Å². The summed E-state index contributed by atoms with van der Waals surface area (Å²) in [6.07, 6.45) is 1.71. The van der Waals surface area contributed by atoms with Crippen LogP contribution in [0.1, 0.15) is 17.9 Å². The van der Waals surface area contributed by atoms with E-state index in [9.17, 15) is 18.0 Å². The molecule has 0 radical (unpaired) electrons. The van der Waals surface area contributed by atoms with Crippen molar-refractivity contribution in [1.82, 2.24) is 5.32 Å². The van der Waals surface area contributed by atoms with Crippen LogP contribution in [0.15, 0.2) is 24.8 Å². The SMILES string of the molecule is C=CC(=O)N[C@@H]1C[C@H]1c1cc(F)c(F)c(F)c1. The van der Waals surface area contributed by atoms with Crippen LogP contribution in [0.5, 0.6) is 0 Å². The Hall–Kier alpha value is -1.78. The molecule has 2 rings (SSSR count). The third-order valence-corrected chi connectivity index (χ3v) is 2.74. The zero-order valence-electron chi connectivity index (χ0n) is 8.84. The first-order valence-corrected chi connectivity index (χ1v) is 5.10. The molecular weight excluding hydrogens is 231 g/mol.